The molecule has 3 aromatic carbocycles. The van der Waals surface area contributed by atoms with E-state index in [1.807, 2.05) is 48.5 Å². The SMILES string of the molecule is O=C(CN(Cc1ccccc1O)CC1CCCO1)Nc1ccccc1Cc1ccccc1. The van der Waals surface area contributed by atoms with Crippen LogP contribution in [0.15, 0.2) is 78.9 Å². The van der Waals surface area contributed by atoms with Gasteiger partial charge in [-0.3, -0.25) is 9.69 Å². The first kappa shape index (κ1) is 22.1. The Labute approximate surface area is 189 Å². The maximum absolute atomic E-state index is 13.0. The van der Waals surface area contributed by atoms with Gasteiger partial charge in [-0.15, -0.1) is 0 Å². The number of hydrogen-bond donors (Lipinski definition) is 2. The zero-order chi connectivity index (χ0) is 22.2. The summed E-state index contributed by atoms with van der Waals surface area (Å²) in [6.45, 7) is 2.15. The van der Waals surface area contributed by atoms with Crippen molar-refractivity contribution in [2.24, 2.45) is 0 Å². The Morgan fingerprint density at radius 2 is 1.69 bits per heavy atom. The van der Waals surface area contributed by atoms with Gasteiger partial charge in [0.1, 0.15) is 5.75 Å². The van der Waals surface area contributed by atoms with Crippen LogP contribution in [0.25, 0.3) is 0 Å². The van der Waals surface area contributed by atoms with Crippen LogP contribution < -0.4 is 5.32 Å². The number of amides is 1. The van der Waals surface area contributed by atoms with Gasteiger partial charge in [0.25, 0.3) is 0 Å². The molecule has 0 aliphatic carbocycles. The first-order valence-electron chi connectivity index (χ1n) is 11.2. The molecule has 1 aliphatic rings. The molecule has 3 aromatic rings. The molecule has 5 nitrogen and oxygen atoms in total. The predicted molar refractivity (Wildman–Crippen MR) is 127 cm³/mol. The van der Waals surface area contributed by atoms with Crippen LogP contribution in [0, 0.1) is 0 Å². The van der Waals surface area contributed by atoms with Crippen molar-refractivity contribution in [2.75, 3.05) is 25.0 Å². The number of phenolic OH excluding ortho intramolecular Hbond substituents is 1. The van der Waals surface area contributed by atoms with Crippen LogP contribution in [0.4, 0.5) is 5.69 Å². The van der Waals surface area contributed by atoms with E-state index in [-0.39, 0.29) is 24.3 Å². The van der Waals surface area contributed by atoms with Crippen molar-refractivity contribution in [3.8, 4) is 5.75 Å². The number of phenols is 1. The van der Waals surface area contributed by atoms with Gasteiger partial charge in [-0.1, -0.05) is 66.7 Å². The molecule has 5 heteroatoms. The summed E-state index contributed by atoms with van der Waals surface area (Å²) in [5, 5.41) is 13.3. The Kier molecular flexibility index (Phi) is 7.54. The summed E-state index contributed by atoms with van der Waals surface area (Å²) in [7, 11) is 0. The molecule has 32 heavy (non-hydrogen) atoms. The number of nitrogens with zero attached hydrogens (tertiary/aromatic N) is 1. The lowest BCUT2D eigenvalue weighted by atomic mass is 10.0. The highest BCUT2D eigenvalue weighted by molar-refractivity contribution is 5.93. The molecule has 1 amide bonds. The Morgan fingerprint density at radius 3 is 2.44 bits per heavy atom. The minimum atomic E-state index is -0.0704. The fraction of sp³-hybridized carbons (Fsp3) is 0.296. The van der Waals surface area contributed by atoms with Crippen LogP contribution in [-0.2, 0) is 22.5 Å². The van der Waals surface area contributed by atoms with Crippen molar-refractivity contribution >= 4 is 11.6 Å². The van der Waals surface area contributed by atoms with Crippen LogP contribution in [0.1, 0.15) is 29.5 Å². The lowest BCUT2D eigenvalue weighted by Crippen LogP contribution is -2.38. The molecule has 0 radical (unpaired) electrons. The molecule has 166 valence electrons. The Bertz CT molecular complexity index is 1020. The molecule has 1 unspecified atom stereocenters. The molecule has 1 atom stereocenters. The molecule has 2 N–H and O–H groups in total. The standard InChI is InChI=1S/C27H30N2O3/c30-26-15-7-5-12-23(26)18-29(19-24-13-8-16-32-24)20-27(31)28-25-14-6-4-11-22(25)17-21-9-2-1-3-10-21/h1-7,9-12,14-15,24,30H,8,13,16-20H2,(H,28,31). The first-order chi connectivity index (χ1) is 15.7. The highest BCUT2D eigenvalue weighted by atomic mass is 16.5. The highest BCUT2D eigenvalue weighted by Gasteiger charge is 2.22. The molecule has 0 bridgehead atoms. The number of carbonyl (C=O) groups excluding carboxylic acids is 1. The van der Waals surface area contributed by atoms with E-state index in [1.54, 1.807) is 12.1 Å². The largest absolute Gasteiger partial charge is 0.508 e. The van der Waals surface area contributed by atoms with E-state index < -0.39 is 0 Å². The van der Waals surface area contributed by atoms with Crippen molar-refractivity contribution in [3.63, 3.8) is 0 Å². The number of nitrogens with one attached hydrogen (secondary N) is 1. The molecule has 4 rings (SSSR count). The van der Waals surface area contributed by atoms with E-state index in [0.717, 1.165) is 42.7 Å². The number of anilines is 1. The van der Waals surface area contributed by atoms with Gasteiger partial charge < -0.3 is 15.2 Å². The summed E-state index contributed by atoms with van der Waals surface area (Å²) in [5.74, 6) is 0.178. The first-order valence-corrected chi connectivity index (χ1v) is 11.2. The van der Waals surface area contributed by atoms with E-state index in [4.69, 9.17) is 4.74 Å². The van der Waals surface area contributed by atoms with E-state index in [2.05, 4.69) is 28.4 Å². The van der Waals surface area contributed by atoms with E-state index in [9.17, 15) is 9.90 Å². The number of para-hydroxylation sites is 2. The van der Waals surface area contributed by atoms with Gasteiger partial charge in [0.15, 0.2) is 0 Å². The van der Waals surface area contributed by atoms with E-state index >= 15 is 0 Å². The van der Waals surface area contributed by atoms with Crippen LogP contribution >= 0.6 is 0 Å². The second-order valence-electron chi connectivity index (χ2n) is 8.30. The lowest BCUT2D eigenvalue weighted by Gasteiger charge is -2.25. The molecular formula is C27H30N2O3. The van der Waals surface area contributed by atoms with Gasteiger partial charge >= 0.3 is 0 Å². The predicted octanol–water partition coefficient (Wildman–Crippen LogP) is 4.60. The number of rotatable bonds is 9. The van der Waals surface area contributed by atoms with Crippen LogP contribution in [-0.4, -0.2) is 41.7 Å². The summed E-state index contributed by atoms with van der Waals surface area (Å²) in [6.07, 6.45) is 2.93. The smallest absolute Gasteiger partial charge is 0.238 e. The fourth-order valence-electron chi connectivity index (χ4n) is 4.15. The third kappa shape index (κ3) is 6.19. The number of carbonyl (C=O) groups is 1. The van der Waals surface area contributed by atoms with Crippen molar-refractivity contribution in [3.05, 3.63) is 95.6 Å². The Balaban J connectivity index is 1.44. The lowest BCUT2D eigenvalue weighted by molar-refractivity contribution is -0.117. The fourth-order valence-corrected chi connectivity index (χ4v) is 4.15. The normalized spacial score (nSPS) is 15.7. The van der Waals surface area contributed by atoms with Gasteiger partial charge in [-0.05, 0) is 42.5 Å². The van der Waals surface area contributed by atoms with E-state index in [0.29, 0.717) is 13.1 Å². The van der Waals surface area contributed by atoms with Crippen molar-refractivity contribution in [1.29, 1.82) is 0 Å². The molecule has 1 heterocycles. The molecule has 0 spiro atoms. The minimum Gasteiger partial charge on any atom is -0.508 e. The zero-order valence-electron chi connectivity index (χ0n) is 18.2. The third-order valence-electron chi connectivity index (χ3n) is 5.77. The van der Waals surface area contributed by atoms with Crippen LogP contribution in [0.3, 0.4) is 0 Å². The van der Waals surface area contributed by atoms with Crippen LogP contribution in [0.5, 0.6) is 5.75 Å². The number of benzene rings is 3. The van der Waals surface area contributed by atoms with Crippen molar-refractivity contribution < 1.29 is 14.6 Å². The zero-order valence-corrected chi connectivity index (χ0v) is 18.2. The quantitative estimate of drug-likeness (QED) is 0.521. The monoisotopic (exact) mass is 430 g/mol. The molecular weight excluding hydrogens is 400 g/mol. The Hall–Kier alpha value is -3.15. The molecule has 1 fully saturated rings. The molecule has 1 aliphatic heterocycles. The highest BCUT2D eigenvalue weighted by Crippen LogP contribution is 2.22. The van der Waals surface area contributed by atoms with Crippen molar-refractivity contribution in [2.45, 2.75) is 31.9 Å². The van der Waals surface area contributed by atoms with E-state index in [1.165, 1.54) is 5.56 Å². The molecule has 1 saturated heterocycles. The number of ether oxygens (including phenoxy) is 1. The Morgan fingerprint density at radius 1 is 0.969 bits per heavy atom. The second-order valence-corrected chi connectivity index (χ2v) is 8.30. The van der Waals surface area contributed by atoms with Gasteiger partial charge in [0.05, 0.1) is 12.6 Å². The average molecular weight is 431 g/mol. The summed E-state index contributed by atoms with van der Waals surface area (Å²) >= 11 is 0. The topological polar surface area (TPSA) is 61.8 Å². The van der Waals surface area contributed by atoms with Gasteiger partial charge in [0.2, 0.25) is 5.91 Å². The molecule has 0 saturated carbocycles. The minimum absolute atomic E-state index is 0.0704. The molecule has 0 aromatic heterocycles. The summed E-state index contributed by atoms with van der Waals surface area (Å²) < 4.78 is 5.80. The average Bonchev–Trinajstić information content (AvgIpc) is 3.30. The second kappa shape index (κ2) is 10.9. The number of aromatic hydroxyl groups is 1. The third-order valence-corrected chi connectivity index (χ3v) is 5.77. The summed E-state index contributed by atoms with van der Waals surface area (Å²) in [4.78, 5) is 15.1. The van der Waals surface area contributed by atoms with Crippen molar-refractivity contribution in [1.82, 2.24) is 4.90 Å². The summed E-state index contributed by atoms with van der Waals surface area (Å²) in [6, 6.07) is 25.5. The maximum atomic E-state index is 13.0. The van der Waals surface area contributed by atoms with Crippen LogP contribution in [0.2, 0.25) is 0 Å². The summed E-state index contributed by atoms with van der Waals surface area (Å²) in [5.41, 5.74) is 3.93. The maximum Gasteiger partial charge on any atom is 0.238 e. The number of hydrogen-bond acceptors (Lipinski definition) is 4. The van der Waals surface area contributed by atoms with Gasteiger partial charge in [0, 0.05) is 30.9 Å². The van der Waals surface area contributed by atoms with Gasteiger partial charge in [-0.2, -0.15) is 0 Å². The van der Waals surface area contributed by atoms with Gasteiger partial charge in [-0.25, -0.2) is 0 Å².